The molecule has 1 aromatic carbocycles. The van der Waals surface area contributed by atoms with Crippen molar-refractivity contribution >= 4 is 5.91 Å². The number of hydrogen-bond acceptors (Lipinski definition) is 2. The van der Waals surface area contributed by atoms with Gasteiger partial charge in [0.1, 0.15) is 5.75 Å². The van der Waals surface area contributed by atoms with Gasteiger partial charge in [-0.3, -0.25) is 4.79 Å². The average Bonchev–Trinajstić information content (AvgIpc) is 2.28. The predicted molar refractivity (Wildman–Crippen MR) is 55.9 cm³/mol. The number of phenolic OH excluding ortho intramolecular Hbond substituents is 1. The van der Waals surface area contributed by atoms with Gasteiger partial charge in [-0.1, -0.05) is 6.07 Å². The highest BCUT2D eigenvalue weighted by atomic mass is 19.4. The molecular formula is C11H9F6NO2. The smallest absolute Gasteiger partial charge is 0.471 e. The summed E-state index contributed by atoms with van der Waals surface area (Å²) >= 11 is 0. The Morgan fingerprint density at radius 2 is 1.75 bits per heavy atom. The van der Waals surface area contributed by atoms with Gasteiger partial charge in [0.05, 0.1) is 5.56 Å². The molecule has 0 saturated heterocycles. The third-order valence-electron chi connectivity index (χ3n) is 2.32. The summed E-state index contributed by atoms with van der Waals surface area (Å²) in [7, 11) is 0. The minimum absolute atomic E-state index is 0.0394. The van der Waals surface area contributed by atoms with Crippen LogP contribution in [0, 0.1) is 0 Å². The van der Waals surface area contributed by atoms with Crippen LogP contribution >= 0.6 is 0 Å². The van der Waals surface area contributed by atoms with Crippen LogP contribution in [0.15, 0.2) is 18.2 Å². The van der Waals surface area contributed by atoms with Gasteiger partial charge in [-0.2, -0.15) is 26.3 Å². The quantitative estimate of drug-likeness (QED) is 0.843. The fourth-order valence-electron chi connectivity index (χ4n) is 1.39. The van der Waals surface area contributed by atoms with Crippen LogP contribution in [0.3, 0.4) is 0 Å². The molecule has 0 bridgehead atoms. The zero-order valence-electron chi connectivity index (χ0n) is 9.77. The summed E-state index contributed by atoms with van der Waals surface area (Å²) in [4.78, 5) is 10.5. The number of nitrogens with one attached hydrogen (secondary N) is 1. The third-order valence-corrected chi connectivity index (χ3v) is 2.32. The molecule has 20 heavy (non-hydrogen) atoms. The lowest BCUT2D eigenvalue weighted by Gasteiger charge is -2.11. The SMILES string of the molecule is O=C(NCCc1ccc(O)c(C(F)(F)F)c1)C(F)(F)F. The number of aromatic hydroxyl groups is 1. The van der Waals surface area contributed by atoms with Crippen molar-refractivity contribution in [2.75, 3.05) is 6.54 Å². The molecule has 0 unspecified atom stereocenters. The Hall–Kier alpha value is -1.93. The molecule has 0 aliphatic heterocycles. The third kappa shape index (κ3) is 4.32. The number of rotatable bonds is 3. The van der Waals surface area contributed by atoms with Crippen molar-refractivity contribution in [2.45, 2.75) is 18.8 Å². The number of benzene rings is 1. The Labute approximate surface area is 109 Å². The van der Waals surface area contributed by atoms with E-state index in [9.17, 15) is 31.1 Å². The fraction of sp³-hybridized carbons (Fsp3) is 0.364. The first-order valence-electron chi connectivity index (χ1n) is 5.26. The largest absolute Gasteiger partial charge is 0.507 e. The van der Waals surface area contributed by atoms with E-state index in [0.29, 0.717) is 6.07 Å². The van der Waals surface area contributed by atoms with Crippen molar-refractivity contribution in [1.82, 2.24) is 5.32 Å². The maximum Gasteiger partial charge on any atom is 0.471 e. The maximum atomic E-state index is 12.5. The molecule has 1 aromatic rings. The molecule has 0 heterocycles. The Kier molecular flexibility index (Phi) is 4.51. The van der Waals surface area contributed by atoms with E-state index >= 15 is 0 Å². The van der Waals surface area contributed by atoms with Crippen molar-refractivity contribution in [3.8, 4) is 5.75 Å². The summed E-state index contributed by atoms with van der Waals surface area (Å²) < 4.78 is 72.9. The van der Waals surface area contributed by atoms with Crippen LogP contribution in [0.4, 0.5) is 26.3 Å². The van der Waals surface area contributed by atoms with E-state index in [1.165, 1.54) is 5.32 Å². The summed E-state index contributed by atoms with van der Waals surface area (Å²) in [5.41, 5.74) is -1.24. The fourth-order valence-corrected chi connectivity index (χ4v) is 1.39. The van der Waals surface area contributed by atoms with Gasteiger partial charge in [-0.15, -0.1) is 0 Å². The van der Waals surface area contributed by atoms with Gasteiger partial charge in [-0.05, 0) is 24.1 Å². The Morgan fingerprint density at radius 3 is 2.25 bits per heavy atom. The molecule has 3 nitrogen and oxygen atoms in total. The van der Waals surface area contributed by atoms with Crippen molar-refractivity contribution < 1.29 is 36.2 Å². The molecule has 2 N–H and O–H groups in total. The zero-order chi connectivity index (χ0) is 15.6. The minimum Gasteiger partial charge on any atom is -0.507 e. The number of alkyl halides is 6. The second-order valence-electron chi connectivity index (χ2n) is 3.85. The lowest BCUT2D eigenvalue weighted by atomic mass is 10.1. The summed E-state index contributed by atoms with van der Waals surface area (Å²) in [5.74, 6) is -3.13. The van der Waals surface area contributed by atoms with Crippen molar-refractivity contribution in [3.05, 3.63) is 29.3 Å². The van der Waals surface area contributed by atoms with Gasteiger partial charge in [0.15, 0.2) is 0 Å². The van der Waals surface area contributed by atoms with E-state index in [-0.39, 0.29) is 12.0 Å². The lowest BCUT2D eigenvalue weighted by Crippen LogP contribution is -2.37. The van der Waals surface area contributed by atoms with E-state index < -0.39 is 36.1 Å². The molecular weight excluding hydrogens is 292 g/mol. The number of halogens is 6. The van der Waals surface area contributed by atoms with E-state index in [1.54, 1.807) is 0 Å². The van der Waals surface area contributed by atoms with E-state index in [1.807, 2.05) is 0 Å². The molecule has 0 atom stereocenters. The zero-order valence-corrected chi connectivity index (χ0v) is 9.77. The first-order valence-corrected chi connectivity index (χ1v) is 5.26. The molecule has 0 aliphatic carbocycles. The summed E-state index contributed by atoms with van der Waals surface area (Å²) in [6, 6.07) is 2.54. The van der Waals surface area contributed by atoms with Gasteiger partial charge in [0.25, 0.3) is 0 Å². The lowest BCUT2D eigenvalue weighted by molar-refractivity contribution is -0.173. The molecule has 0 aromatic heterocycles. The van der Waals surface area contributed by atoms with Gasteiger partial charge in [0.2, 0.25) is 0 Å². The average molecular weight is 301 g/mol. The van der Waals surface area contributed by atoms with Gasteiger partial charge in [0, 0.05) is 6.54 Å². The van der Waals surface area contributed by atoms with E-state index in [0.717, 1.165) is 12.1 Å². The number of phenols is 1. The van der Waals surface area contributed by atoms with Crippen LogP contribution in [0.1, 0.15) is 11.1 Å². The van der Waals surface area contributed by atoms with E-state index in [4.69, 9.17) is 5.11 Å². The van der Waals surface area contributed by atoms with E-state index in [2.05, 4.69) is 0 Å². The summed E-state index contributed by atoms with van der Waals surface area (Å²) in [6.07, 6.45) is -10.0. The van der Waals surface area contributed by atoms with Crippen LogP contribution in [-0.2, 0) is 17.4 Å². The Morgan fingerprint density at radius 1 is 1.15 bits per heavy atom. The monoisotopic (exact) mass is 301 g/mol. The topological polar surface area (TPSA) is 49.3 Å². The van der Waals surface area contributed by atoms with Crippen molar-refractivity contribution in [1.29, 1.82) is 0 Å². The second-order valence-corrected chi connectivity index (χ2v) is 3.85. The van der Waals surface area contributed by atoms with Crippen molar-refractivity contribution in [3.63, 3.8) is 0 Å². The van der Waals surface area contributed by atoms with Gasteiger partial charge >= 0.3 is 18.3 Å². The molecule has 0 spiro atoms. The predicted octanol–water partition coefficient (Wildman–Crippen LogP) is 2.63. The first-order chi connectivity index (χ1) is 9.01. The highest BCUT2D eigenvalue weighted by Crippen LogP contribution is 2.36. The Balaban J connectivity index is 2.69. The highest BCUT2D eigenvalue weighted by Gasteiger charge is 2.38. The molecule has 1 amide bonds. The number of carbonyl (C=O) groups is 1. The molecule has 0 aliphatic rings. The van der Waals surface area contributed by atoms with Crippen molar-refractivity contribution in [2.24, 2.45) is 0 Å². The molecule has 0 radical (unpaired) electrons. The van der Waals surface area contributed by atoms with Gasteiger partial charge < -0.3 is 10.4 Å². The molecule has 0 fully saturated rings. The van der Waals surface area contributed by atoms with Crippen LogP contribution in [0.2, 0.25) is 0 Å². The number of amides is 1. The first kappa shape index (κ1) is 16.1. The second kappa shape index (κ2) is 5.59. The minimum atomic E-state index is -5.04. The molecule has 9 heteroatoms. The van der Waals surface area contributed by atoms with Gasteiger partial charge in [-0.25, -0.2) is 0 Å². The van der Waals surface area contributed by atoms with Crippen LogP contribution < -0.4 is 5.32 Å². The highest BCUT2D eigenvalue weighted by molar-refractivity contribution is 5.81. The van der Waals surface area contributed by atoms with Crippen LogP contribution in [-0.4, -0.2) is 23.7 Å². The maximum absolute atomic E-state index is 12.5. The molecule has 1 rings (SSSR count). The number of hydrogen-bond donors (Lipinski definition) is 2. The van der Waals surface area contributed by atoms with Crippen LogP contribution in [0.5, 0.6) is 5.75 Å². The molecule has 112 valence electrons. The standard InChI is InChI=1S/C11H9F6NO2/c12-10(13,14)7-5-6(1-2-8(7)19)3-4-18-9(20)11(15,16)17/h1-2,5,19H,3-4H2,(H,18,20). The molecule has 0 saturated carbocycles. The summed E-state index contributed by atoms with van der Waals surface area (Å²) in [5, 5.41) is 10.6. The Bertz CT molecular complexity index is 495. The van der Waals surface area contributed by atoms with Crippen LogP contribution in [0.25, 0.3) is 0 Å². The summed E-state index contributed by atoms with van der Waals surface area (Å²) in [6.45, 7) is -0.472. The normalized spacial score (nSPS) is 12.3. The number of carbonyl (C=O) groups excluding carboxylic acids is 1.